The largest absolute Gasteiger partial charge is 0.510 e. The molecule has 236 valence electrons. The highest BCUT2D eigenvalue weighted by molar-refractivity contribution is 7.98. The number of methoxy groups -OCH3 is 1. The van der Waals surface area contributed by atoms with Gasteiger partial charge in [-0.3, -0.25) is 19.3 Å². The van der Waals surface area contributed by atoms with Crippen LogP contribution in [0, 0.1) is 23.0 Å². The zero-order valence-electron chi connectivity index (χ0n) is 24.5. The number of hydrogen-bond donors (Lipinski definition) is 0. The van der Waals surface area contributed by atoms with Crippen molar-refractivity contribution in [3.63, 3.8) is 0 Å². The van der Waals surface area contributed by atoms with Gasteiger partial charge >= 0.3 is 6.16 Å². The predicted molar refractivity (Wildman–Crippen MR) is 159 cm³/mol. The van der Waals surface area contributed by atoms with E-state index in [-0.39, 0.29) is 41.8 Å². The molecule has 11 nitrogen and oxygen atoms in total. The van der Waals surface area contributed by atoms with Crippen molar-refractivity contribution in [2.24, 2.45) is 0 Å². The topological polar surface area (TPSA) is 123 Å². The first-order valence-electron chi connectivity index (χ1n) is 14.4. The summed E-state index contributed by atoms with van der Waals surface area (Å²) in [6, 6.07) is 8.66. The summed E-state index contributed by atoms with van der Waals surface area (Å²) in [6.07, 6.45) is 6.09. The molecule has 2 aromatic carbocycles. The monoisotopic (exact) mass is 648 g/mol. The molecule has 1 spiro atoms. The maximum Gasteiger partial charge on any atom is 0.510 e. The van der Waals surface area contributed by atoms with Crippen molar-refractivity contribution in [3.8, 4) is 17.6 Å². The van der Waals surface area contributed by atoms with Crippen molar-refractivity contribution < 1.29 is 37.3 Å². The molecule has 46 heavy (non-hydrogen) atoms. The number of benzene rings is 2. The molecule has 4 aliphatic rings. The predicted octanol–water partition coefficient (Wildman–Crippen LogP) is 4.74. The molecule has 0 saturated heterocycles. The normalized spacial score (nSPS) is 19.5. The molecule has 1 amide bonds. The lowest BCUT2D eigenvalue weighted by molar-refractivity contribution is 0.0109. The summed E-state index contributed by atoms with van der Waals surface area (Å²) >= 11 is 1.21. The number of nitrogens with zero attached hydrogens (tertiary/aromatic N) is 4. The maximum atomic E-state index is 15.8. The second-order valence-electron chi connectivity index (χ2n) is 11.1. The van der Waals surface area contributed by atoms with Crippen molar-refractivity contribution >= 4 is 23.8 Å². The van der Waals surface area contributed by atoms with Crippen LogP contribution in [0.2, 0.25) is 0 Å². The Hall–Kier alpha value is -5.03. The smallest absolute Gasteiger partial charge is 0.489 e. The minimum atomic E-state index is -1.07. The number of rotatable bonds is 3. The van der Waals surface area contributed by atoms with Gasteiger partial charge in [-0.25, -0.2) is 13.6 Å². The standard InChI is InChI=1S/C32H26F2N4O7S/c1-42-31(41)45-17-44-28-22(39)7-11-37-27(28)30(40)36-16-38(37)26-19-6-2-5-18(14-35)29(19)46-15-20-24(26)23(13-21(33)25(20)34)43-12-4-10-32(36)8-3-9-32/h2,4-7,10-11,13,26H,3,8-9,12,15-17H2,1H3/b10-4+. The number of carbonyl (C=O) groups excluding carboxylic acids is 2. The van der Waals surface area contributed by atoms with Crippen LogP contribution in [-0.4, -0.2) is 54.4 Å². The Labute approximate surface area is 265 Å². The van der Waals surface area contributed by atoms with Gasteiger partial charge in [0.25, 0.3) is 5.91 Å². The minimum Gasteiger partial charge on any atom is -0.489 e. The zero-order valence-corrected chi connectivity index (χ0v) is 25.3. The summed E-state index contributed by atoms with van der Waals surface area (Å²) < 4.78 is 53.5. The van der Waals surface area contributed by atoms with Crippen molar-refractivity contribution in [2.45, 2.75) is 41.5 Å². The number of nitriles is 1. The molecule has 4 heterocycles. The van der Waals surface area contributed by atoms with Gasteiger partial charge in [-0.15, -0.1) is 11.8 Å². The Balaban J connectivity index is 1.52. The first-order chi connectivity index (χ1) is 22.3. The number of hydrogen-bond acceptors (Lipinski definition) is 10. The van der Waals surface area contributed by atoms with Crippen LogP contribution in [0.4, 0.5) is 13.6 Å². The average Bonchev–Trinajstić information content (AvgIpc) is 3.22. The van der Waals surface area contributed by atoms with Gasteiger partial charge in [0.2, 0.25) is 18.0 Å². The van der Waals surface area contributed by atoms with E-state index in [1.807, 2.05) is 6.08 Å². The Morgan fingerprint density at radius 1 is 1.24 bits per heavy atom. The fourth-order valence-electron chi connectivity index (χ4n) is 6.53. The van der Waals surface area contributed by atoms with Gasteiger partial charge in [0.05, 0.1) is 18.2 Å². The van der Waals surface area contributed by atoms with Gasteiger partial charge in [0, 0.05) is 40.1 Å². The number of carbonyl (C=O) groups is 2. The van der Waals surface area contributed by atoms with Crippen molar-refractivity contribution in [3.05, 3.63) is 98.5 Å². The summed E-state index contributed by atoms with van der Waals surface area (Å²) in [5.41, 5.74) is -0.203. The molecule has 1 aliphatic carbocycles. The van der Waals surface area contributed by atoms with Gasteiger partial charge < -0.3 is 23.8 Å². The third kappa shape index (κ3) is 4.56. The lowest BCUT2D eigenvalue weighted by atomic mass is 9.74. The SMILES string of the molecule is COC(=O)OCOc1c2n(ccc1=O)N1CN(C2=O)C2(/C=C/COc3cc(F)c(F)c4c3C1c1cccc(C#N)c1SC4)CCC2. The average molecular weight is 649 g/mol. The molecule has 0 radical (unpaired) electrons. The lowest BCUT2D eigenvalue weighted by Crippen LogP contribution is -2.64. The van der Waals surface area contributed by atoms with E-state index in [0.717, 1.165) is 19.6 Å². The molecule has 3 aliphatic heterocycles. The number of fused-ring (bicyclic) bond motifs is 8. The van der Waals surface area contributed by atoms with Gasteiger partial charge in [-0.1, -0.05) is 18.2 Å². The van der Waals surface area contributed by atoms with E-state index in [1.54, 1.807) is 34.2 Å². The number of halogens is 2. The van der Waals surface area contributed by atoms with Gasteiger partial charge in [0.15, 0.2) is 17.3 Å². The van der Waals surface area contributed by atoms with Crippen LogP contribution >= 0.6 is 11.8 Å². The first-order valence-corrected chi connectivity index (χ1v) is 15.4. The van der Waals surface area contributed by atoms with Crippen LogP contribution in [0.1, 0.15) is 58.0 Å². The second kappa shape index (κ2) is 11.4. The van der Waals surface area contributed by atoms with Gasteiger partial charge in [-0.05, 0) is 37.0 Å². The molecule has 1 fully saturated rings. The highest BCUT2D eigenvalue weighted by Crippen LogP contribution is 2.50. The van der Waals surface area contributed by atoms with Crippen LogP contribution in [0.15, 0.2) is 58.4 Å². The quantitative estimate of drug-likeness (QED) is 0.224. The summed E-state index contributed by atoms with van der Waals surface area (Å²) in [4.78, 5) is 41.5. The second-order valence-corrected chi connectivity index (χ2v) is 12.1. The molecule has 14 heteroatoms. The van der Waals surface area contributed by atoms with Crippen LogP contribution in [0.3, 0.4) is 0 Å². The molecule has 1 saturated carbocycles. The molecule has 1 atom stereocenters. The van der Waals surface area contributed by atoms with Gasteiger partial charge in [0.1, 0.15) is 31.1 Å². The lowest BCUT2D eigenvalue weighted by Gasteiger charge is -2.54. The summed E-state index contributed by atoms with van der Waals surface area (Å²) in [7, 11) is 1.12. The number of pyridine rings is 1. The van der Waals surface area contributed by atoms with Crippen LogP contribution in [-0.2, 0) is 15.2 Å². The number of thioether (sulfide) groups is 1. The Kier molecular flexibility index (Phi) is 7.35. The number of aromatic nitrogens is 1. The van der Waals surface area contributed by atoms with E-state index in [1.165, 1.54) is 28.7 Å². The fraction of sp³-hybridized carbons (Fsp3) is 0.312. The van der Waals surface area contributed by atoms with Crippen LogP contribution in [0.5, 0.6) is 11.5 Å². The van der Waals surface area contributed by atoms with E-state index in [4.69, 9.17) is 14.2 Å². The third-order valence-corrected chi connectivity index (χ3v) is 10.0. The van der Waals surface area contributed by atoms with Crippen LogP contribution < -0.4 is 19.9 Å². The van der Waals surface area contributed by atoms with E-state index < -0.39 is 47.5 Å². The van der Waals surface area contributed by atoms with E-state index in [0.29, 0.717) is 34.4 Å². The van der Waals surface area contributed by atoms with Crippen LogP contribution in [0.25, 0.3) is 0 Å². The Morgan fingerprint density at radius 2 is 2.07 bits per heavy atom. The highest BCUT2D eigenvalue weighted by atomic mass is 32.2. The molecule has 1 aromatic heterocycles. The van der Waals surface area contributed by atoms with E-state index in [2.05, 4.69) is 10.8 Å². The molecular weight excluding hydrogens is 622 g/mol. The molecule has 1 unspecified atom stereocenters. The highest BCUT2D eigenvalue weighted by Gasteiger charge is 2.50. The van der Waals surface area contributed by atoms with Crippen molar-refractivity contribution in [1.82, 2.24) is 9.58 Å². The van der Waals surface area contributed by atoms with Crippen molar-refractivity contribution in [1.29, 1.82) is 5.26 Å². The molecule has 2 bridgehead atoms. The molecule has 0 N–H and O–H groups in total. The molecular formula is C32H26F2N4O7S. The van der Waals surface area contributed by atoms with E-state index >= 15 is 8.78 Å². The molecule has 3 aromatic rings. The first kappa shape index (κ1) is 29.7. The maximum absolute atomic E-state index is 15.8. The Bertz CT molecular complexity index is 1920. The summed E-state index contributed by atoms with van der Waals surface area (Å²) in [5, 5.41) is 11.8. The summed E-state index contributed by atoms with van der Waals surface area (Å²) in [5.74, 6) is -2.88. The fourth-order valence-corrected chi connectivity index (χ4v) is 7.72. The number of amides is 1. The minimum absolute atomic E-state index is 0.00396. The van der Waals surface area contributed by atoms with Crippen molar-refractivity contribution in [2.75, 3.05) is 32.2 Å². The van der Waals surface area contributed by atoms with Gasteiger partial charge in [-0.2, -0.15) is 5.26 Å². The number of ether oxygens (including phenoxy) is 4. The summed E-state index contributed by atoms with van der Waals surface area (Å²) in [6.45, 7) is -0.714. The Morgan fingerprint density at radius 3 is 2.80 bits per heavy atom. The molecule has 7 rings (SSSR count). The zero-order chi connectivity index (χ0) is 32.2. The third-order valence-electron chi connectivity index (χ3n) is 8.83. The van der Waals surface area contributed by atoms with E-state index in [9.17, 15) is 19.6 Å².